The molecule has 0 bridgehead atoms. The molecule has 4 aromatic rings. The van der Waals surface area contributed by atoms with E-state index in [4.69, 9.17) is 10.5 Å². The molecule has 0 saturated carbocycles. The summed E-state index contributed by atoms with van der Waals surface area (Å²) < 4.78 is 0. The van der Waals surface area contributed by atoms with Gasteiger partial charge in [-0.15, -0.1) is 10.2 Å². The van der Waals surface area contributed by atoms with Crippen LogP contribution in [0.2, 0.25) is 0 Å². The molecule has 0 aliphatic carbocycles. The van der Waals surface area contributed by atoms with Gasteiger partial charge in [0.05, 0.1) is 0 Å². The molecule has 0 spiro atoms. The second-order valence-electron chi connectivity index (χ2n) is 5.88. The first kappa shape index (κ1) is 16.9. The number of aromatic nitrogens is 6. The number of nitriles is 2. The molecule has 0 aliphatic rings. The van der Waals surface area contributed by atoms with Crippen LogP contribution in [0.25, 0.3) is 34.7 Å². The number of hydrogen-bond donors (Lipinski definition) is 2. The van der Waals surface area contributed by atoms with Gasteiger partial charge in [-0.25, -0.2) is 10.2 Å². The molecule has 2 N–H and O–H groups in total. The standard InChI is InChI=1S/C20H12N8/c21-11-17-19(25-27-23-17)15-5-1-3-13(9-15)7-8-14-4-2-6-16(10-14)20-18(12-22)24-28-26-20/h1-10H,(H,23,25,27)(H,24,26,28)/b8-7+. The number of nitrogens with one attached hydrogen (secondary N) is 2. The van der Waals surface area contributed by atoms with Crippen molar-refractivity contribution in [2.24, 2.45) is 0 Å². The molecule has 2 heterocycles. The highest BCUT2D eigenvalue weighted by atomic mass is 15.3. The summed E-state index contributed by atoms with van der Waals surface area (Å²) in [7, 11) is 0. The van der Waals surface area contributed by atoms with Crippen LogP contribution in [0.4, 0.5) is 0 Å². The van der Waals surface area contributed by atoms with Crippen LogP contribution in [0.5, 0.6) is 0 Å². The van der Waals surface area contributed by atoms with Gasteiger partial charge in [-0.2, -0.15) is 10.5 Å². The Balaban J connectivity index is 1.62. The zero-order valence-electron chi connectivity index (χ0n) is 14.5. The van der Waals surface area contributed by atoms with Gasteiger partial charge < -0.3 is 0 Å². The topological polar surface area (TPSA) is 131 Å². The van der Waals surface area contributed by atoms with Crippen molar-refractivity contribution >= 4 is 12.2 Å². The van der Waals surface area contributed by atoms with Crippen molar-refractivity contribution in [2.75, 3.05) is 0 Å². The van der Waals surface area contributed by atoms with Gasteiger partial charge in [0.1, 0.15) is 23.5 Å². The molecular weight excluding hydrogens is 352 g/mol. The Hall–Kier alpha value is -4.56. The van der Waals surface area contributed by atoms with Crippen LogP contribution < -0.4 is 0 Å². The highest BCUT2D eigenvalue weighted by molar-refractivity contribution is 5.76. The van der Waals surface area contributed by atoms with Crippen LogP contribution in [-0.4, -0.2) is 30.8 Å². The van der Waals surface area contributed by atoms with E-state index in [2.05, 4.69) is 30.8 Å². The lowest BCUT2D eigenvalue weighted by Crippen LogP contribution is -1.84. The second kappa shape index (κ2) is 7.36. The highest BCUT2D eigenvalue weighted by Gasteiger charge is 2.10. The summed E-state index contributed by atoms with van der Waals surface area (Å²) in [4.78, 5) is 0. The molecule has 8 heteroatoms. The summed E-state index contributed by atoms with van der Waals surface area (Å²) in [5, 5.41) is 38.8. The number of H-pyrrole nitrogens is 2. The van der Waals surface area contributed by atoms with E-state index in [1.165, 1.54) is 0 Å². The van der Waals surface area contributed by atoms with Crippen LogP contribution in [0, 0.1) is 22.7 Å². The van der Waals surface area contributed by atoms with Crippen LogP contribution in [0.15, 0.2) is 48.5 Å². The normalized spacial score (nSPS) is 10.6. The van der Waals surface area contributed by atoms with Gasteiger partial charge in [0.15, 0.2) is 11.4 Å². The van der Waals surface area contributed by atoms with Crippen LogP contribution >= 0.6 is 0 Å². The monoisotopic (exact) mass is 364 g/mol. The molecule has 132 valence electrons. The molecule has 0 atom stereocenters. The van der Waals surface area contributed by atoms with Crippen molar-refractivity contribution < 1.29 is 0 Å². The van der Waals surface area contributed by atoms with Crippen molar-refractivity contribution in [3.05, 3.63) is 71.0 Å². The summed E-state index contributed by atoms with van der Waals surface area (Å²) in [6.07, 6.45) is 3.92. The predicted molar refractivity (Wildman–Crippen MR) is 102 cm³/mol. The summed E-state index contributed by atoms with van der Waals surface area (Å²) in [5.74, 6) is 0. The number of hydrogen-bond acceptors (Lipinski definition) is 6. The van der Waals surface area contributed by atoms with Crippen LogP contribution in [0.1, 0.15) is 22.5 Å². The third-order valence-electron chi connectivity index (χ3n) is 4.11. The smallest absolute Gasteiger partial charge is 0.163 e. The summed E-state index contributed by atoms with van der Waals surface area (Å²) in [6, 6.07) is 19.4. The molecule has 2 aromatic heterocycles. The summed E-state index contributed by atoms with van der Waals surface area (Å²) >= 11 is 0. The molecule has 0 radical (unpaired) electrons. The van der Waals surface area contributed by atoms with E-state index < -0.39 is 0 Å². The summed E-state index contributed by atoms with van der Waals surface area (Å²) in [5.41, 5.74) is 5.22. The highest BCUT2D eigenvalue weighted by Crippen LogP contribution is 2.23. The largest absolute Gasteiger partial charge is 0.247 e. The summed E-state index contributed by atoms with van der Waals surface area (Å²) in [6.45, 7) is 0. The molecular formula is C20H12N8. The molecule has 0 amide bonds. The van der Waals surface area contributed by atoms with Crippen molar-refractivity contribution in [1.82, 2.24) is 30.8 Å². The molecule has 28 heavy (non-hydrogen) atoms. The van der Waals surface area contributed by atoms with E-state index >= 15 is 0 Å². The van der Waals surface area contributed by atoms with Crippen molar-refractivity contribution in [2.45, 2.75) is 0 Å². The Bertz CT molecular complexity index is 1150. The van der Waals surface area contributed by atoms with Gasteiger partial charge in [-0.1, -0.05) is 59.0 Å². The van der Waals surface area contributed by atoms with E-state index in [9.17, 15) is 0 Å². The van der Waals surface area contributed by atoms with E-state index in [-0.39, 0.29) is 0 Å². The molecule has 4 rings (SSSR count). The van der Waals surface area contributed by atoms with E-state index in [1.54, 1.807) is 0 Å². The molecule has 0 aliphatic heterocycles. The zero-order chi connectivity index (χ0) is 19.3. The van der Waals surface area contributed by atoms with Gasteiger partial charge in [-0.3, -0.25) is 0 Å². The lowest BCUT2D eigenvalue weighted by Gasteiger charge is -2.01. The first-order valence-corrected chi connectivity index (χ1v) is 8.30. The minimum Gasteiger partial charge on any atom is -0.247 e. The Morgan fingerprint density at radius 1 is 0.714 bits per heavy atom. The number of nitrogens with zero attached hydrogens (tertiary/aromatic N) is 6. The first-order chi connectivity index (χ1) is 13.8. The second-order valence-corrected chi connectivity index (χ2v) is 5.88. The van der Waals surface area contributed by atoms with Gasteiger partial charge in [0.2, 0.25) is 0 Å². The zero-order valence-corrected chi connectivity index (χ0v) is 14.5. The molecule has 8 nitrogen and oxygen atoms in total. The molecule has 2 aromatic carbocycles. The lowest BCUT2D eigenvalue weighted by molar-refractivity contribution is 0.937. The van der Waals surface area contributed by atoms with E-state index in [1.807, 2.05) is 72.8 Å². The molecule has 0 fully saturated rings. The van der Waals surface area contributed by atoms with E-state index in [0.717, 1.165) is 22.3 Å². The van der Waals surface area contributed by atoms with Crippen molar-refractivity contribution in [3.63, 3.8) is 0 Å². The maximum atomic E-state index is 9.12. The molecule has 0 unspecified atom stereocenters. The Labute approximate surface area is 159 Å². The number of benzene rings is 2. The van der Waals surface area contributed by atoms with Crippen LogP contribution in [-0.2, 0) is 0 Å². The minimum absolute atomic E-state index is 0.328. The number of aromatic amines is 2. The number of rotatable bonds is 4. The minimum atomic E-state index is 0.328. The van der Waals surface area contributed by atoms with Gasteiger partial charge >= 0.3 is 0 Å². The maximum absolute atomic E-state index is 9.12. The third-order valence-corrected chi connectivity index (χ3v) is 4.11. The Morgan fingerprint density at radius 2 is 1.18 bits per heavy atom. The SMILES string of the molecule is N#Cc1[nH]nnc1-c1cccc(/C=C/c2cccc(-c3nn[nH]c3C#N)c2)c1. The fourth-order valence-corrected chi connectivity index (χ4v) is 2.79. The van der Waals surface area contributed by atoms with Crippen LogP contribution in [0.3, 0.4) is 0 Å². The third kappa shape index (κ3) is 3.26. The van der Waals surface area contributed by atoms with Gasteiger partial charge in [0.25, 0.3) is 0 Å². The molecule has 0 saturated heterocycles. The van der Waals surface area contributed by atoms with Crippen molar-refractivity contribution in [3.8, 4) is 34.7 Å². The maximum Gasteiger partial charge on any atom is 0.163 e. The predicted octanol–water partition coefficient (Wildman–Crippen LogP) is 3.17. The van der Waals surface area contributed by atoms with E-state index in [0.29, 0.717) is 22.8 Å². The Kier molecular flexibility index (Phi) is 4.44. The van der Waals surface area contributed by atoms with Gasteiger partial charge in [0, 0.05) is 11.1 Å². The van der Waals surface area contributed by atoms with Crippen molar-refractivity contribution in [1.29, 1.82) is 10.5 Å². The Morgan fingerprint density at radius 3 is 1.61 bits per heavy atom. The lowest BCUT2D eigenvalue weighted by atomic mass is 10.0. The average molecular weight is 364 g/mol. The first-order valence-electron chi connectivity index (χ1n) is 8.30. The fraction of sp³-hybridized carbons (Fsp3) is 0. The van der Waals surface area contributed by atoms with Gasteiger partial charge in [-0.05, 0) is 23.3 Å². The fourth-order valence-electron chi connectivity index (χ4n) is 2.79. The average Bonchev–Trinajstić information content (AvgIpc) is 3.41. The quantitative estimate of drug-likeness (QED) is 0.535.